The van der Waals surface area contributed by atoms with Crippen LogP contribution in [0.15, 0.2) is 71.8 Å². The number of nitrogens with one attached hydrogen (secondary N) is 4. The van der Waals surface area contributed by atoms with Crippen molar-refractivity contribution in [3.63, 3.8) is 0 Å². The fourth-order valence-corrected chi connectivity index (χ4v) is 7.68. The molecule has 0 bridgehead atoms. The molecule has 4 aromatic heterocycles. The molecule has 2 unspecified atom stereocenters. The normalized spacial score (nSPS) is 18.3. The first-order valence-corrected chi connectivity index (χ1v) is 19.3. The van der Waals surface area contributed by atoms with Crippen LogP contribution < -0.4 is 16.2 Å². The number of benzene rings is 1. The molecule has 13 nitrogen and oxygen atoms in total. The van der Waals surface area contributed by atoms with Crippen molar-refractivity contribution in [1.82, 2.24) is 39.7 Å². The summed E-state index contributed by atoms with van der Waals surface area (Å²) < 4.78 is 26.7. The zero-order valence-corrected chi connectivity index (χ0v) is 32.3. The Bertz CT molecular complexity index is 2250. The second kappa shape index (κ2) is 16.1. The summed E-state index contributed by atoms with van der Waals surface area (Å²) in [7, 11) is 0. The number of hydrogen-bond donors (Lipinski definition) is 4. The third-order valence-electron chi connectivity index (χ3n) is 11.6. The number of halogens is 2. The quantitative estimate of drug-likeness (QED) is 0.0982. The highest BCUT2D eigenvalue weighted by Crippen LogP contribution is 2.34. The molecule has 0 saturated carbocycles. The minimum Gasteiger partial charge on any atom is -0.309 e. The predicted octanol–water partition coefficient (Wildman–Crippen LogP) is 6.63. The molecule has 6 heterocycles. The van der Waals surface area contributed by atoms with Crippen LogP contribution in [0.2, 0.25) is 0 Å². The van der Waals surface area contributed by atoms with Crippen LogP contribution in [-0.2, 0) is 9.59 Å². The molecule has 2 saturated heterocycles. The van der Waals surface area contributed by atoms with Crippen molar-refractivity contribution in [3.8, 4) is 22.5 Å². The Hall–Kier alpha value is -5.28. The van der Waals surface area contributed by atoms with Crippen LogP contribution in [0.5, 0.6) is 0 Å². The first kappa shape index (κ1) is 39.0. The summed E-state index contributed by atoms with van der Waals surface area (Å²) in [4.78, 5) is 47.8. The van der Waals surface area contributed by atoms with Crippen LogP contribution in [0.25, 0.3) is 33.4 Å². The van der Waals surface area contributed by atoms with Crippen molar-refractivity contribution >= 4 is 34.4 Å². The van der Waals surface area contributed by atoms with Gasteiger partial charge in [-0.2, -0.15) is 19.0 Å². The number of fused-ring (bicyclic) bond motifs is 1. The lowest BCUT2D eigenvalue weighted by Gasteiger charge is -2.27. The number of H-pyrrole nitrogens is 2. The first-order chi connectivity index (χ1) is 26.7. The van der Waals surface area contributed by atoms with Gasteiger partial charge in [0.05, 0.1) is 16.9 Å². The molecule has 2 aliphatic rings. The highest BCUT2D eigenvalue weighted by atomic mass is 19.3. The Morgan fingerprint density at radius 2 is 1.36 bits per heavy atom. The van der Waals surface area contributed by atoms with Crippen molar-refractivity contribution < 1.29 is 18.4 Å². The number of aromatic amines is 2. The monoisotopic (exact) mass is 768 g/mol. The highest BCUT2D eigenvalue weighted by molar-refractivity contribution is 5.95. The fraction of sp³-hybridized carbons (Fsp3) is 0.463. The Kier molecular flexibility index (Phi) is 11.2. The van der Waals surface area contributed by atoms with E-state index in [-0.39, 0.29) is 17.6 Å². The minimum absolute atomic E-state index is 0.0583. The molecular formula is C41H50F2N10O3. The Balaban J connectivity index is 0.833. The maximum Gasteiger partial charge on any atom is 0.321 e. The zero-order chi connectivity index (χ0) is 39.6. The molecule has 2 fully saturated rings. The first-order valence-electron chi connectivity index (χ1n) is 19.3. The third-order valence-corrected chi connectivity index (χ3v) is 11.6. The smallest absolute Gasteiger partial charge is 0.309 e. The number of anilines is 2. The highest BCUT2D eigenvalue weighted by Gasteiger charge is 2.37. The summed E-state index contributed by atoms with van der Waals surface area (Å²) in [6.45, 7) is 10.6. The summed E-state index contributed by atoms with van der Waals surface area (Å²) in [6.07, 6.45) is 6.55. The van der Waals surface area contributed by atoms with E-state index in [4.69, 9.17) is 0 Å². The number of hydrogen-bond acceptors (Lipinski definition) is 8. The topological polar surface area (TPSA) is 157 Å². The molecule has 7 rings (SSSR count). The van der Waals surface area contributed by atoms with Crippen LogP contribution in [0.1, 0.15) is 59.9 Å². The molecule has 1 aromatic carbocycles. The van der Waals surface area contributed by atoms with Gasteiger partial charge in [-0.15, -0.1) is 0 Å². The Morgan fingerprint density at radius 3 is 1.93 bits per heavy atom. The average Bonchev–Trinajstić information content (AvgIpc) is 4.01. The summed E-state index contributed by atoms with van der Waals surface area (Å²) in [5, 5.41) is 21.2. The standard InChI is InChI=1S/C41H50F2N10O3/c1-40(2,37(55)45-34-20-32(47-49-34)29-9-10-36(54)53(25-29)39(42)43)13-17-51-15-11-27(23-51)28-12-16-52(24-28)18-14-41(3,4)38(56)46-35-21-33(48-50-35)30-19-26-7-5-6-8-31(26)44-22-30/h5-10,19-22,25,27-28,39H,11-18,23-24H2,1-4H3,(H2,45,47,49,55)(H2,46,48,50,56). The number of aromatic nitrogens is 6. The second-order valence-corrected chi connectivity index (χ2v) is 16.6. The van der Waals surface area contributed by atoms with E-state index in [2.05, 4.69) is 51.9 Å². The van der Waals surface area contributed by atoms with Gasteiger partial charge in [-0.1, -0.05) is 45.9 Å². The predicted molar refractivity (Wildman–Crippen MR) is 212 cm³/mol. The van der Waals surface area contributed by atoms with Crippen LogP contribution in [0, 0.1) is 22.7 Å². The van der Waals surface area contributed by atoms with Gasteiger partial charge in [-0.3, -0.25) is 34.1 Å². The van der Waals surface area contributed by atoms with Gasteiger partial charge in [0, 0.05) is 71.0 Å². The lowest BCUT2D eigenvalue weighted by atomic mass is 9.87. The molecule has 5 aromatic rings. The lowest BCUT2D eigenvalue weighted by Crippen LogP contribution is -2.36. The Labute approximate surface area is 324 Å². The van der Waals surface area contributed by atoms with Gasteiger partial charge >= 0.3 is 6.55 Å². The van der Waals surface area contributed by atoms with E-state index in [1.807, 2.05) is 58.0 Å². The summed E-state index contributed by atoms with van der Waals surface area (Å²) in [5.74, 6) is 1.74. The number of rotatable bonds is 14. The van der Waals surface area contributed by atoms with Crippen molar-refractivity contribution in [1.29, 1.82) is 0 Å². The van der Waals surface area contributed by atoms with Crippen molar-refractivity contribution in [2.24, 2.45) is 22.7 Å². The van der Waals surface area contributed by atoms with Gasteiger partial charge in [0.15, 0.2) is 11.6 Å². The van der Waals surface area contributed by atoms with Gasteiger partial charge in [-0.25, -0.2) is 0 Å². The van der Waals surface area contributed by atoms with Crippen LogP contribution in [0.3, 0.4) is 0 Å². The molecule has 2 atom stereocenters. The molecule has 15 heteroatoms. The molecule has 56 heavy (non-hydrogen) atoms. The lowest BCUT2D eigenvalue weighted by molar-refractivity contribution is -0.125. The minimum atomic E-state index is -2.96. The largest absolute Gasteiger partial charge is 0.321 e. The molecule has 0 spiro atoms. The molecular weight excluding hydrogens is 719 g/mol. The Morgan fingerprint density at radius 1 is 0.804 bits per heavy atom. The molecule has 0 radical (unpaired) electrons. The molecule has 0 aliphatic carbocycles. The van der Waals surface area contributed by atoms with E-state index in [0.29, 0.717) is 39.9 Å². The molecule has 2 aliphatic heterocycles. The summed E-state index contributed by atoms with van der Waals surface area (Å²) >= 11 is 0. The van der Waals surface area contributed by atoms with Gasteiger partial charge < -0.3 is 20.4 Å². The van der Waals surface area contributed by atoms with E-state index in [1.54, 1.807) is 12.3 Å². The van der Waals surface area contributed by atoms with Crippen LogP contribution in [-0.4, -0.2) is 90.8 Å². The van der Waals surface area contributed by atoms with Gasteiger partial charge in [0.25, 0.3) is 5.56 Å². The van der Waals surface area contributed by atoms with Gasteiger partial charge in [-0.05, 0) is 81.9 Å². The van der Waals surface area contributed by atoms with Crippen LogP contribution in [0.4, 0.5) is 20.4 Å². The summed E-state index contributed by atoms with van der Waals surface area (Å²) in [6, 6.07) is 15.9. The van der Waals surface area contributed by atoms with Gasteiger partial charge in [0.2, 0.25) is 11.8 Å². The van der Waals surface area contributed by atoms with E-state index in [0.717, 1.165) is 93.0 Å². The number of amides is 2. The van der Waals surface area contributed by atoms with Crippen molar-refractivity contribution in [2.75, 3.05) is 49.9 Å². The van der Waals surface area contributed by atoms with Gasteiger partial charge in [0.1, 0.15) is 0 Å². The van der Waals surface area contributed by atoms with E-state index >= 15 is 0 Å². The van der Waals surface area contributed by atoms with E-state index in [1.165, 1.54) is 6.07 Å². The number of alkyl halides is 2. The zero-order valence-electron chi connectivity index (χ0n) is 32.3. The molecule has 296 valence electrons. The number of para-hydroxylation sites is 1. The maximum absolute atomic E-state index is 13.4. The van der Waals surface area contributed by atoms with Crippen molar-refractivity contribution in [2.45, 2.75) is 59.9 Å². The van der Waals surface area contributed by atoms with Crippen LogP contribution >= 0.6 is 0 Å². The summed E-state index contributed by atoms with van der Waals surface area (Å²) in [5.41, 5.74) is 1.34. The molecule has 2 amide bonds. The average molecular weight is 769 g/mol. The number of carbonyl (C=O) groups excluding carboxylic acids is 2. The number of pyridine rings is 2. The molecule has 4 N–H and O–H groups in total. The third kappa shape index (κ3) is 8.89. The number of likely N-dealkylation sites (tertiary alicyclic amines) is 2. The SMILES string of the molecule is CC(C)(CCN1CCC(C2CCN(CCC(C)(C)C(=O)Nc3cc(-c4ccc(=O)n(C(F)F)c4)[nH]n3)C2)C1)C(=O)Nc1cc(-c2cnc3ccccc3c2)[nH]n1. The van der Waals surface area contributed by atoms with Crippen molar-refractivity contribution in [3.05, 3.63) is 77.3 Å². The number of nitrogens with zero attached hydrogens (tertiary/aromatic N) is 6. The fourth-order valence-electron chi connectivity index (χ4n) is 7.68. The second-order valence-electron chi connectivity index (χ2n) is 16.6. The maximum atomic E-state index is 13.4. The van der Waals surface area contributed by atoms with E-state index < -0.39 is 22.9 Å². The number of carbonyl (C=O) groups is 2. The van der Waals surface area contributed by atoms with E-state index in [9.17, 15) is 23.2 Å².